The van der Waals surface area contributed by atoms with Gasteiger partial charge in [-0.25, -0.2) is 14.8 Å². The van der Waals surface area contributed by atoms with E-state index in [0.717, 1.165) is 16.6 Å². The van der Waals surface area contributed by atoms with Crippen molar-refractivity contribution in [3.63, 3.8) is 0 Å². The maximum absolute atomic E-state index is 13.9. The van der Waals surface area contributed by atoms with Gasteiger partial charge < -0.3 is 15.2 Å². The van der Waals surface area contributed by atoms with E-state index in [9.17, 15) is 9.59 Å². The molecule has 2 aliphatic carbocycles. The fourth-order valence-electron chi connectivity index (χ4n) is 5.82. The van der Waals surface area contributed by atoms with E-state index in [1.807, 2.05) is 62.4 Å². The molecule has 0 saturated heterocycles. The summed E-state index contributed by atoms with van der Waals surface area (Å²) in [6.45, 7) is 5.93. The highest BCUT2D eigenvalue weighted by Crippen LogP contribution is 2.60. The van der Waals surface area contributed by atoms with Gasteiger partial charge in [-0.05, 0) is 30.0 Å². The summed E-state index contributed by atoms with van der Waals surface area (Å²) in [7, 11) is 0. The van der Waals surface area contributed by atoms with Crippen LogP contribution in [0.25, 0.3) is 22.3 Å². The zero-order chi connectivity index (χ0) is 24.5. The van der Waals surface area contributed by atoms with Gasteiger partial charge in [-0.3, -0.25) is 4.79 Å². The molecule has 1 aliphatic heterocycles. The number of Topliss-reactive ketones (excluding diaryl/α,β-unsaturated/α-hetero) is 1. The van der Waals surface area contributed by atoms with Crippen molar-refractivity contribution in [3.8, 4) is 11.3 Å². The van der Waals surface area contributed by atoms with Crippen LogP contribution in [-0.2, 0) is 24.5 Å². The van der Waals surface area contributed by atoms with Crippen LogP contribution in [0.15, 0.2) is 71.3 Å². The van der Waals surface area contributed by atoms with Gasteiger partial charge in [-0.2, -0.15) is 0 Å². The number of nitrogens with zero attached hydrogens (tertiary/aromatic N) is 2. The Balaban J connectivity index is 1.79. The maximum Gasteiger partial charge on any atom is 0.341 e. The normalized spacial score (nSPS) is 22.1. The number of carbonyl (C=O) groups excluding carboxylic acids is 2. The number of hydrogen-bond acceptors (Lipinski definition) is 7. The second kappa shape index (κ2) is 7.25. The van der Waals surface area contributed by atoms with Crippen LogP contribution in [-0.4, -0.2) is 28.3 Å². The molecule has 0 amide bonds. The number of carbonyl (C=O) groups is 2. The molecule has 2 aromatic carbocycles. The molecule has 2 heterocycles. The zero-order valence-electron chi connectivity index (χ0n) is 19.8. The largest absolute Gasteiger partial charge is 0.462 e. The molecule has 3 aliphatic rings. The van der Waals surface area contributed by atoms with Gasteiger partial charge in [0.25, 0.3) is 0 Å². The highest BCUT2D eigenvalue weighted by molar-refractivity contribution is 6.09. The van der Waals surface area contributed by atoms with Crippen LogP contribution >= 0.6 is 0 Å². The second-order valence-corrected chi connectivity index (χ2v) is 10.0. The molecular weight excluding hydrogens is 442 g/mol. The summed E-state index contributed by atoms with van der Waals surface area (Å²) in [5, 5.41) is 0. The highest BCUT2D eigenvalue weighted by atomic mass is 16.5. The molecule has 1 spiro atoms. The predicted octanol–water partition coefficient (Wildman–Crippen LogP) is 4.30. The molecule has 176 valence electrons. The number of allylic oxidation sites excluding steroid dienone is 2. The number of esters is 1. The summed E-state index contributed by atoms with van der Waals surface area (Å²) in [4.78, 5) is 37.4. The quantitative estimate of drug-likeness (QED) is 0.560. The average Bonchev–Trinajstić information content (AvgIpc) is 3.06. The standard InChI is InChI=1S/C28H25N3O4/c1-4-34-26(33)22-25(29)35-20-14-27(2,3)13-19(32)21(20)28(22)16-10-6-5-9-15(16)23-24(28)31-18-12-8-7-11-17(18)30-23/h5-12H,4,13-14,29H2,1-3H3. The first-order valence-corrected chi connectivity index (χ1v) is 11.8. The van der Waals surface area contributed by atoms with Crippen LogP contribution in [0.4, 0.5) is 0 Å². The summed E-state index contributed by atoms with van der Waals surface area (Å²) < 4.78 is 11.5. The van der Waals surface area contributed by atoms with Crippen LogP contribution in [0.2, 0.25) is 0 Å². The van der Waals surface area contributed by atoms with E-state index in [4.69, 9.17) is 25.2 Å². The Morgan fingerprint density at radius 1 is 1.06 bits per heavy atom. The summed E-state index contributed by atoms with van der Waals surface area (Å²) >= 11 is 0. The molecule has 1 atom stereocenters. The van der Waals surface area contributed by atoms with E-state index in [1.165, 1.54) is 0 Å². The zero-order valence-corrected chi connectivity index (χ0v) is 19.8. The number of fused-ring (bicyclic) bond motifs is 7. The van der Waals surface area contributed by atoms with Gasteiger partial charge in [0.15, 0.2) is 5.78 Å². The Labute approximate surface area is 202 Å². The smallest absolute Gasteiger partial charge is 0.341 e. The van der Waals surface area contributed by atoms with Crippen molar-refractivity contribution in [1.82, 2.24) is 9.97 Å². The number of nitrogens with two attached hydrogens (primary N) is 1. The number of para-hydroxylation sites is 2. The third-order valence-corrected chi connectivity index (χ3v) is 7.06. The molecule has 0 saturated carbocycles. The van der Waals surface area contributed by atoms with Crippen LogP contribution in [0.5, 0.6) is 0 Å². The first kappa shape index (κ1) is 21.5. The van der Waals surface area contributed by atoms with E-state index in [1.54, 1.807) is 6.92 Å². The van der Waals surface area contributed by atoms with Gasteiger partial charge in [0.05, 0.1) is 34.6 Å². The Hall–Kier alpha value is -4.00. The van der Waals surface area contributed by atoms with Crippen LogP contribution < -0.4 is 5.73 Å². The van der Waals surface area contributed by atoms with E-state index < -0.39 is 11.4 Å². The molecule has 1 unspecified atom stereocenters. The van der Waals surface area contributed by atoms with Crippen molar-refractivity contribution < 1.29 is 19.1 Å². The fourth-order valence-corrected chi connectivity index (χ4v) is 5.82. The molecule has 0 radical (unpaired) electrons. The summed E-state index contributed by atoms with van der Waals surface area (Å²) in [5.74, 6) is -0.310. The first-order valence-electron chi connectivity index (χ1n) is 11.8. The summed E-state index contributed by atoms with van der Waals surface area (Å²) in [5.41, 5.74) is 9.38. The van der Waals surface area contributed by atoms with Crippen molar-refractivity contribution in [2.24, 2.45) is 11.1 Å². The molecule has 0 bridgehead atoms. The van der Waals surface area contributed by atoms with E-state index in [-0.39, 0.29) is 29.3 Å². The van der Waals surface area contributed by atoms with Gasteiger partial charge in [0.2, 0.25) is 5.88 Å². The van der Waals surface area contributed by atoms with Crippen molar-refractivity contribution in [3.05, 3.63) is 82.6 Å². The van der Waals surface area contributed by atoms with E-state index >= 15 is 0 Å². The lowest BCUT2D eigenvalue weighted by Crippen LogP contribution is -2.46. The lowest BCUT2D eigenvalue weighted by Gasteiger charge is -2.43. The van der Waals surface area contributed by atoms with Crippen molar-refractivity contribution in [2.45, 2.75) is 39.0 Å². The summed E-state index contributed by atoms with van der Waals surface area (Å²) in [6.07, 6.45) is 0.816. The van der Waals surface area contributed by atoms with Crippen LogP contribution in [0, 0.1) is 5.41 Å². The van der Waals surface area contributed by atoms with Crippen molar-refractivity contribution in [2.75, 3.05) is 6.61 Å². The Kier molecular flexibility index (Phi) is 4.46. The number of rotatable bonds is 2. The first-order chi connectivity index (χ1) is 16.8. The van der Waals surface area contributed by atoms with Gasteiger partial charge in [0, 0.05) is 18.4 Å². The van der Waals surface area contributed by atoms with Gasteiger partial charge in [-0.15, -0.1) is 0 Å². The van der Waals surface area contributed by atoms with Crippen LogP contribution in [0.1, 0.15) is 44.9 Å². The van der Waals surface area contributed by atoms with Crippen LogP contribution in [0.3, 0.4) is 0 Å². The molecule has 6 rings (SSSR count). The van der Waals surface area contributed by atoms with E-state index in [0.29, 0.717) is 41.1 Å². The Bertz CT molecular complexity index is 1520. The average molecular weight is 468 g/mol. The highest BCUT2D eigenvalue weighted by Gasteiger charge is 2.61. The molecule has 1 aromatic heterocycles. The molecule has 2 N–H and O–H groups in total. The number of hydrogen-bond donors (Lipinski definition) is 1. The Morgan fingerprint density at radius 2 is 1.74 bits per heavy atom. The minimum absolute atomic E-state index is 0.0645. The molecule has 35 heavy (non-hydrogen) atoms. The molecule has 3 aromatic rings. The van der Waals surface area contributed by atoms with E-state index in [2.05, 4.69) is 0 Å². The van der Waals surface area contributed by atoms with Gasteiger partial charge >= 0.3 is 5.97 Å². The minimum Gasteiger partial charge on any atom is -0.462 e. The monoisotopic (exact) mass is 467 g/mol. The Morgan fingerprint density at radius 3 is 2.49 bits per heavy atom. The lowest BCUT2D eigenvalue weighted by atomic mass is 9.61. The SMILES string of the molecule is CCOC(=O)C1=C(N)OC2=C(C(=O)CC(C)(C)C2)C12c1ccccc1-c1nc3ccccc3nc12. The third kappa shape index (κ3) is 2.84. The van der Waals surface area contributed by atoms with Crippen molar-refractivity contribution >= 4 is 22.8 Å². The maximum atomic E-state index is 13.9. The number of ketones is 1. The van der Waals surface area contributed by atoms with Gasteiger partial charge in [-0.1, -0.05) is 50.2 Å². The predicted molar refractivity (Wildman–Crippen MR) is 130 cm³/mol. The lowest BCUT2D eigenvalue weighted by molar-refractivity contribution is -0.139. The molecular formula is C28H25N3O4. The second-order valence-electron chi connectivity index (χ2n) is 10.0. The number of ether oxygens (including phenoxy) is 2. The molecule has 0 fully saturated rings. The van der Waals surface area contributed by atoms with Gasteiger partial charge in [0.1, 0.15) is 16.7 Å². The topological polar surface area (TPSA) is 104 Å². The fraction of sp³-hybridized carbons (Fsp3) is 0.286. The molecule has 7 nitrogen and oxygen atoms in total. The number of aromatic nitrogens is 2. The van der Waals surface area contributed by atoms with Crippen molar-refractivity contribution in [1.29, 1.82) is 0 Å². The number of benzene rings is 2. The third-order valence-electron chi connectivity index (χ3n) is 7.06. The summed E-state index contributed by atoms with van der Waals surface area (Å²) in [6, 6.07) is 15.2. The minimum atomic E-state index is -1.36. The molecule has 7 heteroatoms.